The van der Waals surface area contributed by atoms with E-state index in [-0.39, 0.29) is 0 Å². The molecule has 2 nitrogen and oxygen atoms in total. The van der Waals surface area contributed by atoms with Crippen LogP contribution in [0.1, 0.15) is 35.4 Å². The molecule has 0 bridgehead atoms. The van der Waals surface area contributed by atoms with Crippen LogP contribution in [0.4, 0.5) is 5.69 Å². The maximum absolute atomic E-state index is 3.44. The van der Waals surface area contributed by atoms with E-state index in [4.69, 9.17) is 0 Å². The first kappa shape index (κ1) is 15.1. The van der Waals surface area contributed by atoms with Crippen molar-refractivity contribution in [3.63, 3.8) is 0 Å². The van der Waals surface area contributed by atoms with E-state index in [1.54, 1.807) is 0 Å². The molecule has 1 aliphatic heterocycles. The molecule has 0 atom stereocenters. The third-order valence-electron chi connectivity index (χ3n) is 4.63. The molecule has 1 aliphatic rings. The maximum Gasteiger partial charge on any atom is 0.0363 e. The van der Waals surface area contributed by atoms with Crippen molar-refractivity contribution in [2.45, 2.75) is 25.2 Å². The van der Waals surface area contributed by atoms with Gasteiger partial charge in [-0.1, -0.05) is 36.4 Å². The molecule has 116 valence electrons. The Morgan fingerprint density at radius 2 is 1.68 bits per heavy atom. The van der Waals surface area contributed by atoms with E-state index in [0.29, 0.717) is 0 Å². The number of rotatable bonds is 4. The van der Waals surface area contributed by atoms with Gasteiger partial charge in [0.15, 0.2) is 0 Å². The van der Waals surface area contributed by atoms with Gasteiger partial charge in [0.1, 0.15) is 0 Å². The van der Waals surface area contributed by atoms with Crippen LogP contribution in [0.2, 0.25) is 0 Å². The summed E-state index contributed by atoms with van der Waals surface area (Å²) in [4.78, 5) is 2.16. The summed E-state index contributed by atoms with van der Waals surface area (Å²) in [5.41, 5.74) is 5.55. The van der Waals surface area contributed by atoms with Crippen molar-refractivity contribution in [3.05, 3.63) is 65.2 Å². The summed E-state index contributed by atoms with van der Waals surface area (Å²) < 4.78 is 0. The van der Waals surface area contributed by atoms with Crippen molar-refractivity contribution in [2.24, 2.45) is 0 Å². The summed E-state index contributed by atoms with van der Waals surface area (Å²) in [7, 11) is 4.18. The summed E-state index contributed by atoms with van der Waals surface area (Å²) >= 11 is 0. The zero-order chi connectivity index (χ0) is 15.4. The second kappa shape index (κ2) is 6.97. The second-order valence-electron chi connectivity index (χ2n) is 6.51. The van der Waals surface area contributed by atoms with E-state index in [2.05, 4.69) is 72.8 Å². The Hall–Kier alpha value is -1.80. The maximum atomic E-state index is 3.44. The minimum Gasteiger partial charge on any atom is -0.378 e. The van der Waals surface area contributed by atoms with E-state index in [0.717, 1.165) is 25.4 Å². The largest absolute Gasteiger partial charge is 0.378 e. The highest BCUT2D eigenvalue weighted by Gasteiger charge is 2.14. The van der Waals surface area contributed by atoms with Crippen LogP contribution in [0, 0.1) is 0 Å². The second-order valence-corrected chi connectivity index (χ2v) is 6.51. The molecule has 0 radical (unpaired) electrons. The minimum absolute atomic E-state index is 0.743. The van der Waals surface area contributed by atoms with Gasteiger partial charge in [0.05, 0.1) is 0 Å². The van der Waals surface area contributed by atoms with Crippen LogP contribution < -0.4 is 10.2 Å². The summed E-state index contributed by atoms with van der Waals surface area (Å²) in [5, 5.41) is 3.44. The van der Waals surface area contributed by atoms with Crippen LogP contribution in [-0.2, 0) is 6.42 Å². The highest BCUT2D eigenvalue weighted by atomic mass is 15.1. The van der Waals surface area contributed by atoms with Gasteiger partial charge in [0.25, 0.3) is 0 Å². The number of nitrogens with zero attached hydrogens (tertiary/aromatic N) is 1. The van der Waals surface area contributed by atoms with Crippen LogP contribution in [-0.4, -0.2) is 27.2 Å². The first-order chi connectivity index (χ1) is 10.7. The van der Waals surface area contributed by atoms with Crippen molar-refractivity contribution in [1.82, 2.24) is 5.32 Å². The highest BCUT2D eigenvalue weighted by Crippen LogP contribution is 2.26. The Morgan fingerprint density at radius 3 is 2.36 bits per heavy atom. The van der Waals surface area contributed by atoms with E-state index in [1.807, 2.05) is 0 Å². The third-order valence-corrected chi connectivity index (χ3v) is 4.63. The molecular formula is C20H26N2. The molecule has 0 aromatic heterocycles. The van der Waals surface area contributed by atoms with Gasteiger partial charge >= 0.3 is 0 Å². The Labute approximate surface area is 134 Å². The molecular weight excluding hydrogens is 268 g/mol. The van der Waals surface area contributed by atoms with Crippen LogP contribution in [0.15, 0.2) is 48.5 Å². The molecule has 22 heavy (non-hydrogen) atoms. The summed E-state index contributed by atoms with van der Waals surface area (Å²) in [6.45, 7) is 2.31. The average Bonchev–Trinajstić information content (AvgIpc) is 2.56. The first-order valence-electron chi connectivity index (χ1n) is 8.28. The lowest BCUT2D eigenvalue weighted by atomic mass is 9.89. The van der Waals surface area contributed by atoms with Crippen molar-refractivity contribution < 1.29 is 0 Å². The Morgan fingerprint density at radius 1 is 0.955 bits per heavy atom. The van der Waals surface area contributed by atoms with Gasteiger partial charge in [-0.05, 0) is 67.1 Å². The molecule has 1 heterocycles. The van der Waals surface area contributed by atoms with Gasteiger partial charge in [-0.3, -0.25) is 0 Å². The predicted octanol–water partition coefficient (Wildman–Crippen LogP) is 3.81. The SMILES string of the molecule is CN(C)c1cccc(Cc2ccc(C3CCNCC3)cc2)c1. The molecule has 0 spiro atoms. The van der Waals surface area contributed by atoms with E-state index in [1.165, 1.54) is 35.2 Å². The molecule has 0 aliphatic carbocycles. The molecule has 2 heteroatoms. The fourth-order valence-electron chi connectivity index (χ4n) is 3.24. The molecule has 1 N–H and O–H groups in total. The number of piperidine rings is 1. The number of hydrogen-bond donors (Lipinski definition) is 1. The number of hydrogen-bond acceptors (Lipinski definition) is 2. The number of anilines is 1. The minimum atomic E-state index is 0.743. The molecule has 1 fully saturated rings. The quantitative estimate of drug-likeness (QED) is 0.922. The van der Waals surface area contributed by atoms with Gasteiger partial charge in [-0.2, -0.15) is 0 Å². The predicted molar refractivity (Wildman–Crippen MR) is 94.9 cm³/mol. The lowest BCUT2D eigenvalue weighted by Crippen LogP contribution is -2.26. The van der Waals surface area contributed by atoms with E-state index < -0.39 is 0 Å². The Kier molecular flexibility index (Phi) is 4.79. The topological polar surface area (TPSA) is 15.3 Å². The van der Waals surface area contributed by atoms with Gasteiger partial charge in [-0.15, -0.1) is 0 Å². The smallest absolute Gasteiger partial charge is 0.0363 e. The molecule has 3 rings (SSSR count). The van der Waals surface area contributed by atoms with Crippen LogP contribution in [0.3, 0.4) is 0 Å². The van der Waals surface area contributed by atoms with Crippen molar-refractivity contribution in [1.29, 1.82) is 0 Å². The van der Waals surface area contributed by atoms with Crippen LogP contribution in [0.25, 0.3) is 0 Å². The Balaban J connectivity index is 1.69. The van der Waals surface area contributed by atoms with Gasteiger partial charge in [0.2, 0.25) is 0 Å². The molecule has 1 saturated heterocycles. The highest BCUT2D eigenvalue weighted by molar-refractivity contribution is 5.48. The zero-order valence-electron chi connectivity index (χ0n) is 13.7. The number of nitrogens with one attached hydrogen (secondary N) is 1. The van der Waals surface area contributed by atoms with E-state index in [9.17, 15) is 0 Å². The molecule has 0 amide bonds. The average molecular weight is 294 g/mol. The standard InChI is InChI=1S/C20H26N2/c1-22(2)20-5-3-4-17(15-20)14-16-6-8-18(9-7-16)19-10-12-21-13-11-19/h3-9,15,19,21H,10-14H2,1-2H3. The van der Waals surface area contributed by atoms with Crippen LogP contribution in [0.5, 0.6) is 0 Å². The van der Waals surface area contributed by atoms with Gasteiger partial charge < -0.3 is 10.2 Å². The monoisotopic (exact) mass is 294 g/mol. The summed E-state index contributed by atoms with van der Waals surface area (Å²) in [6.07, 6.45) is 3.54. The molecule has 2 aromatic rings. The van der Waals surface area contributed by atoms with Gasteiger partial charge in [0, 0.05) is 19.8 Å². The normalized spacial score (nSPS) is 15.7. The Bertz CT molecular complexity index is 595. The fraction of sp³-hybridized carbons (Fsp3) is 0.400. The number of benzene rings is 2. The fourth-order valence-corrected chi connectivity index (χ4v) is 3.24. The van der Waals surface area contributed by atoms with Gasteiger partial charge in [-0.25, -0.2) is 0 Å². The lowest BCUT2D eigenvalue weighted by molar-refractivity contribution is 0.460. The molecule has 2 aromatic carbocycles. The van der Waals surface area contributed by atoms with E-state index >= 15 is 0 Å². The zero-order valence-corrected chi connectivity index (χ0v) is 13.7. The van der Waals surface area contributed by atoms with Crippen molar-refractivity contribution >= 4 is 5.69 Å². The van der Waals surface area contributed by atoms with Crippen molar-refractivity contribution in [2.75, 3.05) is 32.1 Å². The molecule has 0 saturated carbocycles. The summed E-state index contributed by atoms with van der Waals surface area (Å²) in [5.74, 6) is 0.743. The third kappa shape index (κ3) is 3.69. The lowest BCUT2D eigenvalue weighted by Gasteiger charge is -2.23. The van der Waals surface area contributed by atoms with Crippen LogP contribution >= 0.6 is 0 Å². The first-order valence-corrected chi connectivity index (χ1v) is 8.28. The van der Waals surface area contributed by atoms with Crippen molar-refractivity contribution in [3.8, 4) is 0 Å². The molecule has 0 unspecified atom stereocenters. The summed E-state index contributed by atoms with van der Waals surface area (Å²) in [6, 6.07) is 18.1.